The lowest BCUT2D eigenvalue weighted by Gasteiger charge is -2.30. The number of piperidine rings is 1. The second-order valence-corrected chi connectivity index (χ2v) is 12.3. The van der Waals surface area contributed by atoms with Crippen LogP contribution in [0.3, 0.4) is 0 Å². The third-order valence-corrected chi connectivity index (χ3v) is 9.00. The molecule has 10 nitrogen and oxygen atoms in total. The molecule has 4 amide bonds. The Kier molecular flexibility index (Phi) is 7.42. The van der Waals surface area contributed by atoms with Crippen LogP contribution in [0, 0.1) is 24.2 Å². The predicted octanol–water partition coefficient (Wildman–Crippen LogP) is 5.01. The first-order chi connectivity index (χ1) is 19.6. The number of nitrogens with zero attached hydrogens (tertiary/aromatic N) is 4. The number of nitrogens with one attached hydrogen (secondary N) is 1. The molecule has 6 rings (SSSR count). The highest BCUT2D eigenvalue weighted by Gasteiger charge is 2.72. The normalized spacial score (nSPS) is 21.2. The van der Waals surface area contributed by atoms with Gasteiger partial charge in [0.2, 0.25) is 11.8 Å². The molecule has 1 aliphatic carbocycles. The number of likely N-dealkylation sites (tertiary alicyclic amines) is 1. The lowest BCUT2D eigenvalue weighted by atomic mass is 10.1. The van der Waals surface area contributed by atoms with Crippen LogP contribution >= 0.6 is 22.9 Å². The molecule has 0 aromatic carbocycles. The number of aromatic nitrogens is 2. The van der Waals surface area contributed by atoms with Crippen LogP contribution in [0.2, 0.25) is 5.15 Å². The summed E-state index contributed by atoms with van der Waals surface area (Å²) in [6.45, 7) is 7.35. The summed E-state index contributed by atoms with van der Waals surface area (Å²) >= 11 is 7.85. The summed E-state index contributed by atoms with van der Waals surface area (Å²) < 4.78 is 32.6. The summed E-state index contributed by atoms with van der Waals surface area (Å²) in [5, 5.41) is 10.4. The van der Waals surface area contributed by atoms with Gasteiger partial charge in [-0.3, -0.25) is 24.4 Å². The number of aliphatic carboxylic acids is 1. The van der Waals surface area contributed by atoms with E-state index in [2.05, 4.69) is 15.3 Å². The van der Waals surface area contributed by atoms with Gasteiger partial charge in [0.05, 0.1) is 40.0 Å². The molecule has 15 heteroatoms. The largest absolute Gasteiger partial charge is 0.490 e. The average molecular weight is 624 g/mol. The Labute approximate surface area is 246 Å². The van der Waals surface area contributed by atoms with E-state index >= 15 is 0 Å². The zero-order valence-corrected chi connectivity index (χ0v) is 24.2. The van der Waals surface area contributed by atoms with Crippen LogP contribution in [-0.4, -0.2) is 63.1 Å². The second kappa shape index (κ2) is 10.5. The number of thiophene rings is 1. The van der Waals surface area contributed by atoms with Crippen LogP contribution in [0.25, 0.3) is 21.5 Å². The number of anilines is 1. The van der Waals surface area contributed by atoms with Gasteiger partial charge in [0.15, 0.2) is 0 Å². The zero-order valence-electron chi connectivity index (χ0n) is 22.6. The van der Waals surface area contributed by atoms with Gasteiger partial charge in [0.25, 0.3) is 0 Å². The number of hydrogen-bond donors (Lipinski definition) is 2. The van der Waals surface area contributed by atoms with Crippen molar-refractivity contribution in [3.8, 4) is 11.3 Å². The van der Waals surface area contributed by atoms with Crippen LogP contribution in [0.15, 0.2) is 24.4 Å². The number of urea groups is 1. The zero-order chi connectivity index (χ0) is 30.7. The molecule has 5 heterocycles. The molecule has 3 aromatic rings. The first-order valence-electron chi connectivity index (χ1n) is 12.9. The Morgan fingerprint density at radius 3 is 2.45 bits per heavy atom. The molecule has 2 aliphatic heterocycles. The van der Waals surface area contributed by atoms with E-state index in [9.17, 15) is 27.6 Å². The number of amides is 4. The molecule has 3 fully saturated rings. The van der Waals surface area contributed by atoms with Gasteiger partial charge in [0.1, 0.15) is 5.15 Å². The van der Waals surface area contributed by atoms with Crippen LogP contribution in [-0.2, 0) is 20.9 Å². The molecule has 2 saturated heterocycles. The average Bonchev–Trinajstić information content (AvgIpc) is 3.14. The molecule has 42 heavy (non-hydrogen) atoms. The van der Waals surface area contributed by atoms with Crippen molar-refractivity contribution in [2.45, 2.75) is 39.9 Å². The van der Waals surface area contributed by atoms with Crippen molar-refractivity contribution in [1.29, 1.82) is 0 Å². The van der Waals surface area contributed by atoms with E-state index in [1.807, 2.05) is 32.9 Å². The Morgan fingerprint density at radius 2 is 1.86 bits per heavy atom. The molecule has 222 valence electrons. The van der Waals surface area contributed by atoms with Crippen LogP contribution in [0.1, 0.15) is 30.7 Å². The molecule has 2 unspecified atom stereocenters. The van der Waals surface area contributed by atoms with Crippen molar-refractivity contribution in [2.24, 2.45) is 17.3 Å². The van der Waals surface area contributed by atoms with Crippen molar-refractivity contribution >= 4 is 62.7 Å². The first kappa shape index (κ1) is 29.7. The van der Waals surface area contributed by atoms with Gasteiger partial charge in [-0.25, -0.2) is 14.6 Å². The van der Waals surface area contributed by atoms with E-state index < -0.39 is 12.1 Å². The number of imide groups is 1. The number of rotatable bonds is 4. The number of halogens is 4. The van der Waals surface area contributed by atoms with E-state index in [1.165, 1.54) is 16.2 Å². The van der Waals surface area contributed by atoms with Crippen LogP contribution in [0.4, 0.5) is 23.7 Å². The van der Waals surface area contributed by atoms with Crippen molar-refractivity contribution in [2.75, 3.05) is 18.0 Å². The highest BCUT2D eigenvalue weighted by Crippen LogP contribution is 2.63. The van der Waals surface area contributed by atoms with E-state index in [4.69, 9.17) is 21.5 Å². The number of carboxylic acid groups (broad SMARTS) is 1. The standard InChI is InChI=1S/C25H24ClN5O3S.C2HF3O2/c1-12-9-16(26)29-19(20(12)30-8-4-6-28-24(30)34)14-5-7-27-15-10-13(35-21(14)15)11-31-22(32)17-18(23(31)33)25(17,2)3;3-2(4,5)1(6)7/h5,7,9-10,17-18H,4,6,8,11H2,1-3H3,(H,28,34);(H,6,7). The van der Waals surface area contributed by atoms with E-state index in [-0.39, 0.29) is 41.6 Å². The summed E-state index contributed by atoms with van der Waals surface area (Å²) in [5.41, 5.74) is 3.53. The fourth-order valence-electron chi connectivity index (χ4n) is 5.56. The maximum Gasteiger partial charge on any atom is 0.490 e. The maximum atomic E-state index is 12.8. The highest BCUT2D eigenvalue weighted by atomic mass is 35.5. The van der Waals surface area contributed by atoms with Gasteiger partial charge in [-0.2, -0.15) is 13.2 Å². The first-order valence-corrected chi connectivity index (χ1v) is 14.1. The minimum Gasteiger partial charge on any atom is -0.475 e. The lowest BCUT2D eigenvalue weighted by Crippen LogP contribution is -2.47. The Bertz CT molecular complexity index is 1620. The van der Waals surface area contributed by atoms with Gasteiger partial charge in [0, 0.05) is 29.7 Å². The lowest BCUT2D eigenvalue weighted by molar-refractivity contribution is -0.192. The van der Waals surface area contributed by atoms with Crippen LogP contribution in [0.5, 0.6) is 0 Å². The molecular formula is C27H25ClF3N5O5S. The fraction of sp³-hybridized carbons (Fsp3) is 0.407. The Morgan fingerprint density at radius 1 is 1.21 bits per heavy atom. The Hall–Kier alpha value is -3.78. The van der Waals surface area contributed by atoms with Crippen molar-refractivity contribution in [3.63, 3.8) is 0 Å². The fourth-order valence-corrected chi connectivity index (χ4v) is 6.93. The molecule has 3 aliphatic rings. The topological polar surface area (TPSA) is 133 Å². The number of fused-ring (bicyclic) bond motifs is 2. The molecule has 1 saturated carbocycles. The molecule has 2 atom stereocenters. The number of pyridine rings is 2. The van der Waals surface area contributed by atoms with E-state index in [0.717, 1.165) is 38.3 Å². The predicted molar refractivity (Wildman–Crippen MR) is 148 cm³/mol. The summed E-state index contributed by atoms with van der Waals surface area (Å²) in [5.74, 6) is -3.32. The number of carboxylic acids is 1. The van der Waals surface area contributed by atoms with Crippen molar-refractivity contribution in [1.82, 2.24) is 20.2 Å². The van der Waals surface area contributed by atoms with Gasteiger partial charge in [-0.1, -0.05) is 25.4 Å². The quantitative estimate of drug-likeness (QED) is 0.308. The third-order valence-electron chi connectivity index (χ3n) is 7.67. The highest BCUT2D eigenvalue weighted by molar-refractivity contribution is 7.19. The monoisotopic (exact) mass is 623 g/mol. The number of carbonyl (C=O) groups is 4. The number of alkyl halides is 3. The third kappa shape index (κ3) is 5.17. The number of aryl methyl sites for hydroxylation is 1. The van der Waals surface area contributed by atoms with E-state index in [0.29, 0.717) is 23.9 Å². The van der Waals surface area contributed by atoms with E-state index in [1.54, 1.807) is 17.2 Å². The minimum absolute atomic E-state index is 0.0823. The number of hydrogen-bond acceptors (Lipinski definition) is 7. The molecule has 3 aromatic heterocycles. The second-order valence-electron chi connectivity index (χ2n) is 10.8. The van der Waals surface area contributed by atoms with Gasteiger partial charge >= 0.3 is 18.2 Å². The molecular weight excluding hydrogens is 599 g/mol. The summed E-state index contributed by atoms with van der Waals surface area (Å²) in [6.07, 6.45) is -2.55. The van der Waals surface area contributed by atoms with Gasteiger partial charge < -0.3 is 10.4 Å². The molecule has 2 N–H and O–H groups in total. The summed E-state index contributed by atoms with van der Waals surface area (Å²) in [4.78, 5) is 60.4. The molecule has 0 radical (unpaired) electrons. The maximum absolute atomic E-state index is 12.8. The van der Waals surface area contributed by atoms with Gasteiger partial charge in [-0.15, -0.1) is 11.3 Å². The van der Waals surface area contributed by atoms with Crippen molar-refractivity contribution < 1.29 is 37.5 Å². The smallest absolute Gasteiger partial charge is 0.475 e. The molecule has 0 bridgehead atoms. The SMILES string of the molecule is Cc1cc(Cl)nc(-c2ccnc3cc(CN4C(=O)C5C(C4=O)C5(C)C)sc23)c1N1CCCNC1=O.O=C(O)C(F)(F)F. The van der Waals surface area contributed by atoms with Crippen molar-refractivity contribution in [3.05, 3.63) is 40.0 Å². The van der Waals surface area contributed by atoms with Crippen LogP contribution < -0.4 is 10.2 Å². The minimum atomic E-state index is -5.08. The molecule has 0 spiro atoms. The summed E-state index contributed by atoms with van der Waals surface area (Å²) in [6, 6.07) is 5.40. The number of carbonyl (C=O) groups excluding carboxylic acids is 3. The summed E-state index contributed by atoms with van der Waals surface area (Å²) in [7, 11) is 0. The van der Waals surface area contributed by atoms with Gasteiger partial charge in [-0.05, 0) is 42.5 Å². The Balaban J connectivity index is 0.000000451.